The van der Waals surface area contributed by atoms with Gasteiger partial charge in [0, 0.05) is 29.9 Å². The number of benzene rings is 1. The van der Waals surface area contributed by atoms with Crippen LogP contribution in [0.15, 0.2) is 18.2 Å². The second kappa shape index (κ2) is 11.9. The Morgan fingerprint density at radius 3 is 2.38 bits per heavy atom. The summed E-state index contributed by atoms with van der Waals surface area (Å²) in [5.41, 5.74) is 8.91. The zero-order chi connectivity index (χ0) is 23.3. The summed E-state index contributed by atoms with van der Waals surface area (Å²) in [6.07, 6.45) is 5.99. The van der Waals surface area contributed by atoms with Crippen LogP contribution in [0.25, 0.3) is 10.9 Å². The maximum absolute atomic E-state index is 15.1. The van der Waals surface area contributed by atoms with Gasteiger partial charge in [0.05, 0.1) is 11.2 Å². The fourth-order valence-electron chi connectivity index (χ4n) is 5.18. The highest BCUT2D eigenvalue weighted by molar-refractivity contribution is 5.92. The van der Waals surface area contributed by atoms with Gasteiger partial charge in [-0.2, -0.15) is 10.1 Å². The van der Waals surface area contributed by atoms with Crippen LogP contribution in [0.1, 0.15) is 68.5 Å². The van der Waals surface area contributed by atoms with Crippen molar-refractivity contribution in [2.24, 2.45) is 5.73 Å². The highest BCUT2D eigenvalue weighted by Gasteiger charge is 2.31. The lowest BCUT2D eigenvalue weighted by molar-refractivity contribution is 0.362. The van der Waals surface area contributed by atoms with E-state index in [1.807, 2.05) is 0 Å². The van der Waals surface area contributed by atoms with Gasteiger partial charge in [0.15, 0.2) is 11.6 Å². The van der Waals surface area contributed by atoms with E-state index in [0.29, 0.717) is 23.4 Å². The molecule has 3 aliphatic rings. The van der Waals surface area contributed by atoms with Crippen molar-refractivity contribution in [1.82, 2.24) is 25.5 Å². The van der Waals surface area contributed by atoms with E-state index in [4.69, 9.17) is 15.7 Å². The molecule has 0 atom stereocenters. The second-order valence-electron chi connectivity index (χ2n) is 10.5. The van der Waals surface area contributed by atoms with Crippen LogP contribution in [0.5, 0.6) is 0 Å². The maximum atomic E-state index is 15.1. The third-order valence-corrected chi connectivity index (χ3v) is 7.66. The third-order valence-electron chi connectivity index (χ3n) is 7.66. The molecule has 1 saturated carbocycles. The van der Waals surface area contributed by atoms with E-state index in [2.05, 4.69) is 50.9 Å². The number of nitrogens with one attached hydrogen (secondary N) is 3. The van der Waals surface area contributed by atoms with Gasteiger partial charge in [-0.3, -0.25) is 5.10 Å². The first-order chi connectivity index (χ1) is 16.5. The molecular formula is C25H36Cl3FN8. The Kier molecular flexibility index (Phi) is 9.51. The van der Waals surface area contributed by atoms with E-state index >= 15 is 4.39 Å². The molecule has 0 spiro atoms. The van der Waals surface area contributed by atoms with Gasteiger partial charge in [-0.25, -0.2) is 9.37 Å². The summed E-state index contributed by atoms with van der Waals surface area (Å²) >= 11 is 0. The molecule has 8 nitrogen and oxygen atoms in total. The molecular weight excluding hydrogens is 538 g/mol. The molecule has 3 fully saturated rings. The minimum atomic E-state index is -0.304. The molecule has 37 heavy (non-hydrogen) atoms. The Bertz CT molecular complexity index is 1200. The third kappa shape index (κ3) is 6.23. The fourth-order valence-corrected chi connectivity index (χ4v) is 5.18. The number of aromatic amines is 1. The summed E-state index contributed by atoms with van der Waals surface area (Å²) in [6.45, 7) is 5.75. The number of fused-ring (bicyclic) bond motifs is 1. The van der Waals surface area contributed by atoms with E-state index in [9.17, 15) is 0 Å². The van der Waals surface area contributed by atoms with Crippen molar-refractivity contribution in [2.45, 2.75) is 62.8 Å². The van der Waals surface area contributed by atoms with Gasteiger partial charge >= 0.3 is 0 Å². The molecule has 204 valence electrons. The average molecular weight is 574 g/mol. The fraction of sp³-hybridized carbons (Fsp3) is 0.560. The molecule has 1 aliphatic carbocycles. The van der Waals surface area contributed by atoms with Crippen LogP contribution in [-0.4, -0.2) is 51.9 Å². The van der Waals surface area contributed by atoms with E-state index < -0.39 is 0 Å². The Labute approximate surface area is 235 Å². The Morgan fingerprint density at radius 1 is 1.00 bits per heavy atom. The van der Waals surface area contributed by atoms with Gasteiger partial charge < -0.3 is 21.3 Å². The molecule has 3 aromatic rings. The lowest BCUT2D eigenvalue weighted by atomic mass is 9.89. The monoisotopic (exact) mass is 572 g/mol. The SMILES string of the molecule is CC1(N)CCN(c2nc(Nc3n[nH]c(C4CC4)c3F)c3cc(C4CCNCC4)ccc3n2)CC1.Cl.Cl.Cl. The number of rotatable bonds is 5. The molecule has 2 saturated heterocycles. The summed E-state index contributed by atoms with van der Waals surface area (Å²) in [5, 5.41) is 14.7. The minimum absolute atomic E-state index is 0. The van der Waals surface area contributed by atoms with Crippen LogP contribution < -0.4 is 21.3 Å². The Balaban J connectivity index is 0.00000127. The summed E-state index contributed by atoms with van der Waals surface area (Å²) in [6, 6.07) is 6.44. The van der Waals surface area contributed by atoms with Crippen molar-refractivity contribution in [3.8, 4) is 0 Å². The Morgan fingerprint density at radius 2 is 1.70 bits per heavy atom. The van der Waals surface area contributed by atoms with Gasteiger partial charge in [0.1, 0.15) is 5.82 Å². The summed E-state index contributed by atoms with van der Waals surface area (Å²) in [5.74, 6) is 1.91. The quantitative estimate of drug-likeness (QED) is 0.334. The number of aromatic nitrogens is 4. The molecule has 4 heterocycles. The second-order valence-corrected chi connectivity index (χ2v) is 10.5. The van der Waals surface area contributed by atoms with E-state index in [0.717, 1.165) is 75.6 Å². The summed E-state index contributed by atoms with van der Waals surface area (Å²) in [7, 11) is 0. The summed E-state index contributed by atoms with van der Waals surface area (Å²) in [4.78, 5) is 12.0. The van der Waals surface area contributed by atoms with Gasteiger partial charge in [-0.1, -0.05) is 6.07 Å². The number of H-pyrrole nitrogens is 1. The highest BCUT2D eigenvalue weighted by atomic mass is 35.5. The molecule has 2 aliphatic heterocycles. The smallest absolute Gasteiger partial charge is 0.227 e. The molecule has 0 radical (unpaired) electrons. The number of nitrogens with two attached hydrogens (primary N) is 1. The van der Waals surface area contributed by atoms with Crippen molar-refractivity contribution >= 4 is 65.7 Å². The lowest BCUT2D eigenvalue weighted by Gasteiger charge is -2.36. The molecule has 12 heteroatoms. The van der Waals surface area contributed by atoms with E-state index in [1.54, 1.807) is 0 Å². The first kappa shape index (κ1) is 29.6. The molecule has 1 aromatic carbocycles. The van der Waals surface area contributed by atoms with Crippen LogP contribution in [0.4, 0.5) is 22.0 Å². The van der Waals surface area contributed by atoms with Crippen LogP contribution in [0.2, 0.25) is 0 Å². The minimum Gasteiger partial charge on any atom is -0.341 e. The number of nitrogens with zero attached hydrogens (tertiary/aromatic N) is 4. The lowest BCUT2D eigenvalue weighted by Crippen LogP contribution is -2.48. The molecule has 0 amide bonds. The van der Waals surface area contributed by atoms with Crippen molar-refractivity contribution in [2.75, 3.05) is 36.4 Å². The number of piperidine rings is 2. The molecule has 0 bridgehead atoms. The van der Waals surface area contributed by atoms with Gasteiger partial charge in [-0.15, -0.1) is 37.2 Å². The van der Waals surface area contributed by atoms with Gasteiger partial charge in [0.2, 0.25) is 5.95 Å². The zero-order valence-corrected chi connectivity index (χ0v) is 23.4. The van der Waals surface area contributed by atoms with Gasteiger partial charge in [-0.05, 0) is 82.2 Å². The maximum Gasteiger partial charge on any atom is 0.227 e. The van der Waals surface area contributed by atoms with Crippen molar-refractivity contribution in [3.05, 3.63) is 35.3 Å². The first-order valence-corrected chi connectivity index (χ1v) is 12.5. The van der Waals surface area contributed by atoms with Crippen LogP contribution in [0, 0.1) is 5.82 Å². The van der Waals surface area contributed by atoms with Crippen LogP contribution in [-0.2, 0) is 0 Å². The molecule has 6 rings (SSSR count). The topological polar surface area (TPSA) is 108 Å². The van der Waals surface area contributed by atoms with E-state index in [1.165, 1.54) is 5.56 Å². The van der Waals surface area contributed by atoms with Crippen molar-refractivity contribution in [1.29, 1.82) is 0 Å². The molecule has 2 aromatic heterocycles. The van der Waals surface area contributed by atoms with Crippen molar-refractivity contribution in [3.63, 3.8) is 0 Å². The zero-order valence-electron chi connectivity index (χ0n) is 20.9. The number of anilines is 3. The average Bonchev–Trinajstić information content (AvgIpc) is 3.63. The van der Waals surface area contributed by atoms with Crippen LogP contribution >= 0.6 is 37.2 Å². The number of hydrogen-bond acceptors (Lipinski definition) is 7. The highest BCUT2D eigenvalue weighted by Crippen LogP contribution is 2.42. The normalized spacial score (nSPS) is 19.5. The first-order valence-electron chi connectivity index (χ1n) is 12.5. The van der Waals surface area contributed by atoms with E-state index in [-0.39, 0.29) is 60.3 Å². The molecule has 0 unspecified atom stereocenters. The summed E-state index contributed by atoms with van der Waals surface area (Å²) < 4.78 is 15.1. The van der Waals surface area contributed by atoms with Gasteiger partial charge in [0.25, 0.3) is 0 Å². The molecule has 5 N–H and O–H groups in total. The largest absolute Gasteiger partial charge is 0.341 e. The van der Waals surface area contributed by atoms with Crippen LogP contribution in [0.3, 0.4) is 0 Å². The number of hydrogen-bond donors (Lipinski definition) is 4. The predicted octanol–water partition coefficient (Wildman–Crippen LogP) is 5.16. The number of halogens is 4. The Hall–Kier alpha value is -1.91. The standard InChI is InChI=1S/C25H33FN8.3ClH/c1-25(27)8-12-34(13-9-25)24-29-19-5-4-17(15-6-10-28-11-7-15)14-18(19)22(31-24)30-23-20(26)21(32-33-23)16-2-3-16;;;/h4-5,14-16,28H,2-3,6-13,27H2,1H3,(H2,29,30,31,32,33);3*1H. The predicted molar refractivity (Wildman–Crippen MR) is 154 cm³/mol. The van der Waals surface area contributed by atoms with Crippen molar-refractivity contribution < 1.29 is 4.39 Å².